The Labute approximate surface area is 227 Å². The first-order valence-electron chi connectivity index (χ1n) is 12.7. The molecule has 0 amide bonds. The average molecular weight is 564 g/mol. The van der Waals surface area contributed by atoms with Gasteiger partial charge in [0.15, 0.2) is 0 Å². The molecule has 1 aromatic heterocycles. The number of anilines is 1. The Kier molecular flexibility index (Phi) is 7.68. The van der Waals surface area contributed by atoms with E-state index in [9.17, 15) is 19.1 Å². The third kappa shape index (κ3) is 5.27. The van der Waals surface area contributed by atoms with Gasteiger partial charge in [-0.3, -0.25) is 9.59 Å². The van der Waals surface area contributed by atoms with E-state index in [4.69, 9.17) is 22.1 Å². The highest BCUT2D eigenvalue weighted by Crippen LogP contribution is 2.40. The van der Waals surface area contributed by atoms with Crippen molar-refractivity contribution in [2.45, 2.75) is 57.0 Å². The molecule has 1 saturated carbocycles. The molecular weight excluding hydrogens is 536 g/mol. The molecular formula is C27H28ClF2N3O4S. The van der Waals surface area contributed by atoms with Gasteiger partial charge in [-0.25, -0.2) is 14.3 Å². The number of likely N-dealkylation sites (tertiary alicyclic amines) is 1. The molecule has 5 rings (SSSR count). The number of carbonyl (C=O) groups excluding carboxylic acids is 1. The number of Topliss-reactive ketones (excluding diaryl/α,β-unsaturated/α-hetero) is 1. The Hall–Kier alpha value is -2.66. The lowest BCUT2D eigenvalue weighted by Crippen LogP contribution is -2.54. The number of carboxylic acids is 1. The van der Waals surface area contributed by atoms with E-state index in [2.05, 4.69) is 4.98 Å². The molecule has 11 heteroatoms. The molecule has 1 atom stereocenters. The minimum absolute atomic E-state index is 0.147. The Morgan fingerprint density at radius 2 is 1.89 bits per heavy atom. The van der Waals surface area contributed by atoms with Gasteiger partial charge in [0.1, 0.15) is 10.8 Å². The Morgan fingerprint density at radius 1 is 1.18 bits per heavy atom. The van der Waals surface area contributed by atoms with Gasteiger partial charge in [-0.2, -0.15) is 4.39 Å². The number of benzene rings is 2. The summed E-state index contributed by atoms with van der Waals surface area (Å²) in [6.07, 6.45) is 2.14. The molecule has 2 aliphatic rings. The molecule has 0 spiro atoms. The van der Waals surface area contributed by atoms with Crippen molar-refractivity contribution in [1.82, 2.24) is 9.88 Å². The molecule has 0 radical (unpaired) electrons. The van der Waals surface area contributed by atoms with Crippen LogP contribution >= 0.6 is 22.9 Å². The molecule has 2 heterocycles. The van der Waals surface area contributed by atoms with Crippen LogP contribution in [0.5, 0.6) is 0 Å². The molecule has 2 fully saturated rings. The van der Waals surface area contributed by atoms with E-state index in [1.807, 2.05) is 0 Å². The number of thiazole rings is 1. The molecule has 2 aromatic carbocycles. The summed E-state index contributed by atoms with van der Waals surface area (Å²) in [5.74, 6) is -5.10. The summed E-state index contributed by atoms with van der Waals surface area (Å²) in [4.78, 5) is 30.7. The number of ether oxygens (including phenoxy) is 1. The largest absolute Gasteiger partial charge is 0.481 e. The maximum atomic E-state index is 16.5. The fourth-order valence-electron chi connectivity index (χ4n) is 5.22. The molecule has 1 saturated heterocycles. The van der Waals surface area contributed by atoms with Crippen molar-refractivity contribution in [3.63, 3.8) is 0 Å². The highest BCUT2D eigenvalue weighted by Gasteiger charge is 2.49. The number of carbonyl (C=O) groups is 2. The second-order valence-corrected chi connectivity index (χ2v) is 11.3. The van der Waals surface area contributed by atoms with Crippen LogP contribution in [-0.4, -0.2) is 51.9 Å². The number of nitrogen functional groups attached to an aromatic ring is 1. The van der Waals surface area contributed by atoms with Crippen molar-refractivity contribution in [3.05, 3.63) is 46.7 Å². The zero-order valence-corrected chi connectivity index (χ0v) is 22.2. The molecule has 7 nitrogen and oxygen atoms in total. The number of ketones is 1. The standard InChI is InChI=1S/C27H28ClF2N3O4S/c28-23-19(25-32-20-10-6-17(29)14-21(20)38-25)9-5-16(24(23)31)13-22(34)27(30,33-11-1-2-12-33)37-18-7-3-15(4-8-18)26(35)36/h5-6,9-10,14-15,18H,1-4,7-8,11-13,31H2,(H,35,36). The first-order valence-corrected chi connectivity index (χ1v) is 13.9. The van der Waals surface area contributed by atoms with Crippen LogP contribution in [0.1, 0.15) is 44.1 Å². The average Bonchev–Trinajstić information content (AvgIpc) is 3.57. The summed E-state index contributed by atoms with van der Waals surface area (Å²) < 4.78 is 36.6. The number of hydrogen-bond acceptors (Lipinski definition) is 7. The third-order valence-electron chi connectivity index (χ3n) is 7.40. The Balaban J connectivity index is 1.37. The summed E-state index contributed by atoms with van der Waals surface area (Å²) in [6, 6.07) is 7.62. The van der Waals surface area contributed by atoms with Crippen LogP contribution in [-0.2, 0) is 20.7 Å². The van der Waals surface area contributed by atoms with E-state index in [1.165, 1.54) is 28.4 Å². The van der Waals surface area contributed by atoms with E-state index < -0.39 is 29.8 Å². The lowest BCUT2D eigenvalue weighted by atomic mass is 9.87. The summed E-state index contributed by atoms with van der Waals surface area (Å²) in [7, 11) is 0. The molecule has 3 aromatic rings. The minimum atomic E-state index is -2.63. The molecule has 1 unspecified atom stereocenters. The number of rotatable bonds is 8. The predicted molar refractivity (Wildman–Crippen MR) is 142 cm³/mol. The minimum Gasteiger partial charge on any atom is -0.481 e. The number of alkyl halides is 1. The molecule has 38 heavy (non-hydrogen) atoms. The lowest BCUT2D eigenvalue weighted by molar-refractivity contribution is -0.252. The molecule has 202 valence electrons. The van der Waals surface area contributed by atoms with Crippen molar-refractivity contribution < 1.29 is 28.2 Å². The molecule has 3 N–H and O–H groups in total. The topological polar surface area (TPSA) is 106 Å². The van der Waals surface area contributed by atoms with E-state index in [0.29, 0.717) is 65.1 Å². The van der Waals surface area contributed by atoms with Gasteiger partial charge in [0.05, 0.1) is 32.9 Å². The smallest absolute Gasteiger partial charge is 0.330 e. The number of hydrogen-bond donors (Lipinski definition) is 2. The maximum Gasteiger partial charge on any atom is 0.330 e. The van der Waals surface area contributed by atoms with Gasteiger partial charge in [-0.05, 0) is 62.3 Å². The van der Waals surface area contributed by atoms with Crippen molar-refractivity contribution in [2.24, 2.45) is 5.92 Å². The van der Waals surface area contributed by atoms with Gasteiger partial charge in [-0.1, -0.05) is 23.7 Å². The van der Waals surface area contributed by atoms with Crippen LogP contribution in [0.25, 0.3) is 20.8 Å². The summed E-state index contributed by atoms with van der Waals surface area (Å²) in [5, 5.41) is 9.99. The number of aliphatic carboxylic acids is 1. The van der Waals surface area contributed by atoms with Gasteiger partial charge < -0.3 is 15.6 Å². The van der Waals surface area contributed by atoms with Crippen molar-refractivity contribution in [1.29, 1.82) is 0 Å². The van der Waals surface area contributed by atoms with Crippen LogP contribution in [0.2, 0.25) is 5.02 Å². The van der Waals surface area contributed by atoms with Gasteiger partial charge >= 0.3 is 11.9 Å². The lowest BCUT2D eigenvalue weighted by Gasteiger charge is -2.37. The second-order valence-electron chi connectivity index (χ2n) is 9.92. The van der Waals surface area contributed by atoms with Crippen LogP contribution < -0.4 is 5.73 Å². The Morgan fingerprint density at radius 3 is 2.58 bits per heavy atom. The van der Waals surface area contributed by atoms with Crippen molar-refractivity contribution in [2.75, 3.05) is 18.8 Å². The van der Waals surface area contributed by atoms with E-state index >= 15 is 4.39 Å². The number of carboxylic acid groups (broad SMARTS) is 1. The zero-order chi connectivity index (χ0) is 27.0. The molecule has 1 aliphatic heterocycles. The van der Waals surface area contributed by atoms with E-state index in [1.54, 1.807) is 18.2 Å². The van der Waals surface area contributed by atoms with Gasteiger partial charge in [0, 0.05) is 25.1 Å². The van der Waals surface area contributed by atoms with Crippen molar-refractivity contribution >= 4 is 50.6 Å². The number of nitrogens with zero attached hydrogens (tertiary/aromatic N) is 2. The summed E-state index contributed by atoms with van der Waals surface area (Å²) >= 11 is 7.85. The number of fused-ring (bicyclic) bond motifs is 1. The quantitative estimate of drug-likeness (QED) is 0.262. The second kappa shape index (κ2) is 10.8. The van der Waals surface area contributed by atoms with Crippen LogP contribution in [0.4, 0.5) is 14.5 Å². The van der Waals surface area contributed by atoms with Crippen molar-refractivity contribution in [3.8, 4) is 10.6 Å². The number of aromatic nitrogens is 1. The molecule has 1 aliphatic carbocycles. The summed E-state index contributed by atoms with van der Waals surface area (Å²) in [5.41, 5.74) is 8.00. The third-order valence-corrected chi connectivity index (χ3v) is 8.86. The zero-order valence-electron chi connectivity index (χ0n) is 20.6. The summed E-state index contributed by atoms with van der Waals surface area (Å²) in [6.45, 7) is 0.778. The fraction of sp³-hybridized carbons (Fsp3) is 0.444. The van der Waals surface area contributed by atoms with Crippen LogP contribution in [0.15, 0.2) is 30.3 Å². The fourth-order valence-corrected chi connectivity index (χ4v) is 6.57. The maximum absolute atomic E-state index is 16.5. The molecule has 0 bridgehead atoms. The predicted octanol–water partition coefficient (Wildman–Crippen LogP) is 5.83. The highest BCUT2D eigenvalue weighted by atomic mass is 35.5. The van der Waals surface area contributed by atoms with E-state index in [-0.39, 0.29) is 22.9 Å². The Bertz CT molecular complexity index is 1370. The SMILES string of the molecule is Nc1c(CC(=O)C(F)(OC2CCC(C(=O)O)CC2)N2CCCC2)ccc(-c2nc3ccc(F)cc3s2)c1Cl. The highest BCUT2D eigenvalue weighted by molar-refractivity contribution is 7.21. The van der Waals surface area contributed by atoms with Gasteiger partial charge in [-0.15, -0.1) is 11.3 Å². The normalized spacial score (nSPS) is 22.0. The number of halogens is 3. The van der Waals surface area contributed by atoms with Crippen LogP contribution in [0, 0.1) is 11.7 Å². The first kappa shape index (κ1) is 26.9. The monoisotopic (exact) mass is 563 g/mol. The van der Waals surface area contributed by atoms with Gasteiger partial charge in [0.25, 0.3) is 0 Å². The van der Waals surface area contributed by atoms with Gasteiger partial charge in [0.2, 0.25) is 5.78 Å². The van der Waals surface area contributed by atoms with E-state index in [0.717, 1.165) is 12.8 Å². The number of nitrogens with two attached hydrogens (primary N) is 1. The first-order chi connectivity index (χ1) is 18.2. The van der Waals surface area contributed by atoms with Crippen LogP contribution in [0.3, 0.4) is 0 Å².